The zero-order valence-corrected chi connectivity index (χ0v) is 13.9. The topological polar surface area (TPSA) is 17.1 Å². The maximum absolute atomic E-state index is 12.5. The molecule has 1 aromatic carbocycles. The monoisotopic (exact) mass is 282 g/mol. The normalized spacial score (nSPS) is 29.4. The molecule has 2 atom stereocenters. The second-order valence-electron chi connectivity index (χ2n) is 8.42. The Hall–Kier alpha value is -1.37. The van der Waals surface area contributed by atoms with Gasteiger partial charge in [-0.1, -0.05) is 58.9 Å². The van der Waals surface area contributed by atoms with Crippen molar-refractivity contribution in [2.24, 2.45) is 17.3 Å². The number of allylic oxidation sites excluding steroid dienone is 1. The summed E-state index contributed by atoms with van der Waals surface area (Å²) in [6.07, 6.45) is 4.18. The Bertz CT molecular complexity index is 596. The number of hydrogen-bond acceptors (Lipinski definition) is 1. The highest BCUT2D eigenvalue weighted by molar-refractivity contribution is 6.03. The van der Waals surface area contributed by atoms with E-state index in [0.717, 1.165) is 24.0 Å². The molecule has 3 aliphatic carbocycles. The van der Waals surface area contributed by atoms with Crippen LogP contribution in [0.25, 0.3) is 6.08 Å². The number of ketones is 1. The largest absolute Gasteiger partial charge is 0.294 e. The lowest BCUT2D eigenvalue weighted by molar-refractivity contribution is -0.140. The number of hydrogen-bond donors (Lipinski definition) is 0. The van der Waals surface area contributed by atoms with Crippen LogP contribution in [-0.4, -0.2) is 5.78 Å². The molecule has 1 heteroatoms. The van der Waals surface area contributed by atoms with E-state index in [1.807, 2.05) is 0 Å². The van der Waals surface area contributed by atoms with Crippen LogP contribution < -0.4 is 0 Å². The molecule has 0 N–H and O–H groups in total. The Labute approximate surface area is 128 Å². The predicted molar refractivity (Wildman–Crippen MR) is 88.1 cm³/mol. The first-order chi connectivity index (χ1) is 9.69. The maximum atomic E-state index is 12.5. The summed E-state index contributed by atoms with van der Waals surface area (Å²) < 4.78 is 0. The Morgan fingerprint density at radius 3 is 2.24 bits per heavy atom. The summed E-state index contributed by atoms with van der Waals surface area (Å²) in [6, 6.07) is 8.66. The Balaban J connectivity index is 1.82. The van der Waals surface area contributed by atoms with Crippen LogP contribution in [0.3, 0.4) is 0 Å². The van der Waals surface area contributed by atoms with Gasteiger partial charge in [-0.3, -0.25) is 4.79 Å². The molecule has 0 aliphatic heterocycles. The van der Waals surface area contributed by atoms with Gasteiger partial charge in [-0.15, -0.1) is 0 Å². The molecule has 0 heterocycles. The highest BCUT2D eigenvalue weighted by atomic mass is 16.1. The third kappa shape index (κ3) is 2.37. The van der Waals surface area contributed by atoms with Gasteiger partial charge in [0.1, 0.15) is 0 Å². The molecule has 3 aliphatic rings. The van der Waals surface area contributed by atoms with Crippen molar-refractivity contribution in [2.75, 3.05) is 0 Å². The van der Waals surface area contributed by atoms with Crippen molar-refractivity contribution in [3.63, 3.8) is 0 Å². The average molecular weight is 282 g/mol. The van der Waals surface area contributed by atoms with Gasteiger partial charge in [-0.05, 0) is 52.4 Å². The summed E-state index contributed by atoms with van der Waals surface area (Å²) in [6.45, 7) is 11.2. The van der Waals surface area contributed by atoms with Gasteiger partial charge in [0.15, 0.2) is 5.78 Å². The number of fused-ring (bicyclic) bond motifs is 2. The molecule has 2 unspecified atom stereocenters. The standard InChI is InChI=1S/C20H26O/c1-19(2,3)15-8-6-13(7-9-15)10-14-11-16-12-17(18(14)21)20(16,4)5/h6-10,16-17H,11-12H2,1-5H3. The predicted octanol–water partition coefficient (Wildman–Crippen LogP) is 5.00. The highest BCUT2D eigenvalue weighted by Gasteiger charge is 2.55. The number of carbonyl (C=O) groups excluding carboxylic acids is 1. The van der Waals surface area contributed by atoms with Gasteiger partial charge in [0.25, 0.3) is 0 Å². The molecule has 21 heavy (non-hydrogen) atoms. The van der Waals surface area contributed by atoms with E-state index < -0.39 is 0 Å². The minimum Gasteiger partial charge on any atom is -0.294 e. The summed E-state index contributed by atoms with van der Waals surface area (Å²) in [5, 5.41) is 0. The summed E-state index contributed by atoms with van der Waals surface area (Å²) in [4.78, 5) is 12.5. The molecular weight excluding hydrogens is 256 g/mol. The first-order valence-corrected chi connectivity index (χ1v) is 8.05. The van der Waals surface area contributed by atoms with Crippen LogP contribution in [0.15, 0.2) is 29.8 Å². The number of Topliss-reactive ketones (excluding diaryl/α,β-unsaturated/α-hetero) is 1. The Kier molecular flexibility index (Phi) is 3.16. The summed E-state index contributed by atoms with van der Waals surface area (Å²) in [5.41, 5.74) is 3.94. The van der Waals surface area contributed by atoms with Crippen LogP contribution in [0.4, 0.5) is 0 Å². The van der Waals surface area contributed by atoms with Crippen molar-refractivity contribution in [3.8, 4) is 0 Å². The van der Waals surface area contributed by atoms with Gasteiger partial charge in [0.2, 0.25) is 0 Å². The summed E-state index contributed by atoms with van der Waals surface area (Å²) in [7, 11) is 0. The van der Waals surface area contributed by atoms with E-state index >= 15 is 0 Å². The molecule has 1 nitrogen and oxygen atoms in total. The Morgan fingerprint density at radius 2 is 1.76 bits per heavy atom. The fraction of sp³-hybridized carbons (Fsp3) is 0.550. The van der Waals surface area contributed by atoms with E-state index in [1.54, 1.807) is 0 Å². The maximum Gasteiger partial charge on any atom is 0.162 e. The van der Waals surface area contributed by atoms with Crippen molar-refractivity contribution < 1.29 is 4.79 Å². The molecule has 1 aromatic rings. The average Bonchev–Trinajstić information content (AvgIpc) is 2.40. The molecular formula is C20H26O. The second kappa shape index (κ2) is 4.56. The van der Waals surface area contributed by atoms with Crippen LogP contribution >= 0.6 is 0 Å². The summed E-state index contributed by atoms with van der Waals surface area (Å²) in [5.74, 6) is 1.35. The molecule has 4 rings (SSSR count). The van der Waals surface area contributed by atoms with E-state index in [1.165, 1.54) is 5.56 Å². The minimum absolute atomic E-state index is 0.179. The van der Waals surface area contributed by atoms with E-state index in [2.05, 4.69) is 65.0 Å². The van der Waals surface area contributed by atoms with Gasteiger partial charge in [-0.25, -0.2) is 0 Å². The molecule has 0 spiro atoms. The van der Waals surface area contributed by atoms with Crippen molar-refractivity contribution in [1.82, 2.24) is 0 Å². The lowest BCUT2D eigenvalue weighted by Gasteiger charge is -2.56. The highest BCUT2D eigenvalue weighted by Crippen LogP contribution is 2.59. The first kappa shape index (κ1) is 14.6. The molecule has 0 saturated heterocycles. The Morgan fingerprint density at radius 1 is 1.14 bits per heavy atom. The van der Waals surface area contributed by atoms with Crippen LogP contribution in [0.2, 0.25) is 0 Å². The van der Waals surface area contributed by atoms with Gasteiger partial charge in [0, 0.05) is 5.92 Å². The van der Waals surface area contributed by atoms with E-state index in [-0.39, 0.29) is 16.7 Å². The quantitative estimate of drug-likeness (QED) is 0.662. The SMILES string of the molecule is CC(C)(C)c1ccc(C=C2CC3CC(C2=O)C3(C)C)cc1. The molecule has 0 aromatic heterocycles. The molecule has 3 saturated carbocycles. The zero-order valence-electron chi connectivity index (χ0n) is 13.9. The lowest BCUT2D eigenvalue weighted by atomic mass is 9.47. The van der Waals surface area contributed by atoms with Crippen molar-refractivity contribution in [3.05, 3.63) is 41.0 Å². The number of carbonyl (C=O) groups is 1. The van der Waals surface area contributed by atoms with Gasteiger partial charge in [-0.2, -0.15) is 0 Å². The minimum atomic E-state index is 0.179. The molecule has 0 amide bonds. The van der Waals surface area contributed by atoms with Gasteiger partial charge >= 0.3 is 0 Å². The van der Waals surface area contributed by atoms with E-state index in [4.69, 9.17) is 0 Å². The number of benzene rings is 1. The molecule has 2 bridgehead atoms. The van der Waals surface area contributed by atoms with Crippen molar-refractivity contribution in [1.29, 1.82) is 0 Å². The van der Waals surface area contributed by atoms with Crippen LogP contribution in [0.5, 0.6) is 0 Å². The van der Waals surface area contributed by atoms with Crippen molar-refractivity contribution in [2.45, 2.75) is 52.9 Å². The van der Waals surface area contributed by atoms with Gasteiger partial charge in [0.05, 0.1) is 0 Å². The lowest BCUT2D eigenvalue weighted by Crippen LogP contribution is -2.53. The second-order valence-corrected chi connectivity index (χ2v) is 8.42. The van der Waals surface area contributed by atoms with Crippen LogP contribution in [-0.2, 0) is 10.2 Å². The van der Waals surface area contributed by atoms with E-state index in [9.17, 15) is 4.79 Å². The van der Waals surface area contributed by atoms with Crippen LogP contribution in [0, 0.1) is 17.3 Å². The molecule has 3 fully saturated rings. The fourth-order valence-corrected chi connectivity index (χ4v) is 3.81. The zero-order chi connectivity index (χ0) is 15.4. The van der Waals surface area contributed by atoms with E-state index in [0.29, 0.717) is 11.7 Å². The molecule has 112 valence electrons. The van der Waals surface area contributed by atoms with Gasteiger partial charge < -0.3 is 0 Å². The number of rotatable bonds is 1. The smallest absolute Gasteiger partial charge is 0.162 e. The fourth-order valence-electron chi connectivity index (χ4n) is 3.81. The molecule has 0 radical (unpaired) electrons. The van der Waals surface area contributed by atoms with Crippen LogP contribution in [0.1, 0.15) is 58.6 Å². The first-order valence-electron chi connectivity index (χ1n) is 8.05. The third-order valence-corrected chi connectivity index (χ3v) is 5.69. The van der Waals surface area contributed by atoms with Crippen molar-refractivity contribution >= 4 is 11.9 Å². The summed E-state index contributed by atoms with van der Waals surface area (Å²) >= 11 is 0. The third-order valence-electron chi connectivity index (χ3n) is 5.69.